The summed E-state index contributed by atoms with van der Waals surface area (Å²) in [6.45, 7) is 7.19. The molecule has 1 heterocycles. The molecule has 0 unspecified atom stereocenters. The third kappa shape index (κ3) is 5.30. The topological polar surface area (TPSA) is 54.3 Å². The minimum absolute atomic E-state index is 0.183. The van der Waals surface area contributed by atoms with Crippen molar-refractivity contribution in [2.24, 2.45) is 0 Å². The fraction of sp³-hybridized carbons (Fsp3) is 0.308. The summed E-state index contributed by atoms with van der Waals surface area (Å²) >= 11 is 0. The van der Waals surface area contributed by atoms with E-state index in [1.807, 2.05) is 62.6 Å². The number of aryl methyl sites for hydroxylation is 1. The van der Waals surface area contributed by atoms with Gasteiger partial charge in [0.1, 0.15) is 5.56 Å². The zero-order chi connectivity index (χ0) is 22.5. The maximum Gasteiger partial charge on any atom is 0.268 e. The van der Waals surface area contributed by atoms with Crippen molar-refractivity contribution in [3.05, 3.63) is 99.0 Å². The van der Waals surface area contributed by atoms with Crippen LogP contribution in [0.1, 0.15) is 52.4 Å². The molecule has 1 N–H and O–H groups in total. The fourth-order valence-corrected chi connectivity index (χ4v) is 3.63. The van der Waals surface area contributed by atoms with Gasteiger partial charge < -0.3 is 10.2 Å². The summed E-state index contributed by atoms with van der Waals surface area (Å²) in [5.74, 6) is 0.00243. The van der Waals surface area contributed by atoms with Crippen LogP contribution in [0.3, 0.4) is 0 Å². The second kappa shape index (κ2) is 9.75. The summed E-state index contributed by atoms with van der Waals surface area (Å²) in [5, 5.41) is 2.95. The molecule has 5 heteroatoms. The second-order valence-electron chi connectivity index (χ2n) is 8.49. The van der Waals surface area contributed by atoms with E-state index in [0.717, 1.165) is 28.9 Å². The van der Waals surface area contributed by atoms with Crippen molar-refractivity contribution < 1.29 is 4.79 Å². The molecule has 0 saturated carbocycles. The molecule has 3 aromatic rings. The van der Waals surface area contributed by atoms with Crippen molar-refractivity contribution in [3.8, 4) is 5.69 Å². The van der Waals surface area contributed by atoms with E-state index < -0.39 is 0 Å². The number of rotatable bonds is 7. The third-order valence-corrected chi connectivity index (χ3v) is 5.39. The summed E-state index contributed by atoms with van der Waals surface area (Å²) in [4.78, 5) is 28.3. The number of hydrogen-bond acceptors (Lipinski definition) is 3. The Labute approximate surface area is 184 Å². The first-order valence-electron chi connectivity index (χ1n) is 10.6. The number of benzene rings is 2. The molecule has 0 atom stereocenters. The van der Waals surface area contributed by atoms with E-state index in [9.17, 15) is 9.59 Å². The van der Waals surface area contributed by atoms with Crippen LogP contribution in [0.5, 0.6) is 0 Å². The minimum Gasteiger partial charge on any atom is -0.348 e. The second-order valence-corrected chi connectivity index (χ2v) is 8.49. The molecule has 1 aromatic heterocycles. The van der Waals surface area contributed by atoms with Crippen LogP contribution in [0, 0.1) is 6.92 Å². The molecule has 5 nitrogen and oxygen atoms in total. The molecule has 1 amide bonds. The molecular weight excluding hydrogens is 386 g/mol. The number of pyridine rings is 1. The molecule has 0 saturated heterocycles. The van der Waals surface area contributed by atoms with Gasteiger partial charge in [-0.25, -0.2) is 0 Å². The lowest BCUT2D eigenvalue weighted by Crippen LogP contribution is -2.33. The number of carbonyl (C=O) groups excluding carboxylic acids is 1. The van der Waals surface area contributed by atoms with Crippen LogP contribution in [0.2, 0.25) is 0 Å². The Hall–Kier alpha value is -3.18. The molecule has 3 rings (SSSR count). The average molecular weight is 418 g/mol. The average Bonchev–Trinajstić information content (AvgIpc) is 2.73. The highest BCUT2D eigenvalue weighted by Gasteiger charge is 2.17. The van der Waals surface area contributed by atoms with Gasteiger partial charge >= 0.3 is 0 Å². The smallest absolute Gasteiger partial charge is 0.268 e. The van der Waals surface area contributed by atoms with E-state index in [4.69, 9.17) is 0 Å². The van der Waals surface area contributed by atoms with Gasteiger partial charge in [0.2, 0.25) is 0 Å². The summed E-state index contributed by atoms with van der Waals surface area (Å²) in [6.07, 6.45) is 1.74. The summed E-state index contributed by atoms with van der Waals surface area (Å²) in [6, 6.07) is 17.7. The van der Waals surface area contributed by atoms with Gasteiger partial charge in [-0.1, -0.05) is 50.2 Å². The van der Waals surface area contributed by atoms with Crippen LogP contribution in [-0.2, 0) is 13.1 Å². The lowest BCUT2D eigenvalue weighted by atomic mass is 10.0. The van der Waals surface area contributed by atoms with E-state index in [2.05, 4.69) is 30.1 Å². The van der Waals surface area contributed by atoms with Gasteiger partial charge in [-0.2, -0.15) is 0 Å². The number of amides is 1. The molecule has 0 aliphatic carbocycles. The molecule has 0 aliphatic heterocycles. The van der Waals surface area contributed by atoms with Crippen molar-refractivity contribution in [2.75, 3.05) is 14.1 Å². The first kappa shape index (κ1) is 22.5. The van der Waals surface area contributed by atoms with Crippen LogP contribution in [0.25, 0.3) is 5.69 Å². The molecular formula is C26H31N3O2. The summed E-state index contributed by atoms with van der Waals surface area (Å²) in [7, 11) is 4.03. The van der Waals surface area contributed by atoms with E-state index in [1.165, 1.54) is 0 Å². The Morgan fingerprint density at radius 3 is 2.42 bits per heavy atom. The SMILES string of the molecule is Cc1ccn(-c2cccc(C(C)C)c2)c(=O)c1C(=O)NCc1ccccc1CN(C)C. The highest BCUT2D eigenvalue weighted by molar-refractivity contribution is 5.95. The van der Waals surface area contributed by atoms with Crippen LogP contribution in [0.4, 0.5) is 0 Å². The number of nitrogens with zero attached hydrogens (tertiary/aromatic N) is 2. The van der Waals surface area contributed by atoms with Gasteiger partial charge in [0, 0.05) is 25.0 Å². The summed E-state index contributed by atoms with van der Waals surface area (Å²) in [5.41, 5.74) is 4.65. The van der Waals surface area contributed by atoms with Crippen molar-refractivity contribution >= 4 is 5.91 Å². The maximum absolute atomic E-state index is 13.2. The first-order chi connectivity index (χ1) is 14.8. The van der Waals surface area contributed by atoms with Crippen LogP contribution >= 0.6 is 0 Å². The van der Waals surface area contributed by atoms with Crippen molar-refractivity contribution in [2.45, 2.75) is 39.8 Å². The molecule has 0 bridgehead atoms. The largest absolute Gasteiger partial charge is 0.348 e. The molecule has 0 fully saturated rings. The summed E-state index contributed by atoms with van der Waals surface area (Å²) < 4.78 is 1.55. The minimum atomic E-state index is -0.350. The zero-order valence-corrected chi connectivity index (χ0v) is 19.0. The van der Waals surface area contributed by atoms with Gasteiger partial charge in [-0.15, -0.1) is 0 Å². The molecule has 0 aliphatic rings. The number of carbonyl (C=O) groups is 1. The highest BCUT2D eigenvalue weighted by Crippen LogP contribution is 2.18. The molecule has 31 heavy (non-hydrogen) atoms. The molecule has 0 radical (unpaired) electrons. The fourth-order valence-electron chi connectivity index (χ4n) is 3.63. The van der Waals surface area contributed by atoms with Gasteiger partial charge in [-0.3, -0.25) is 14.2 Å². The standard InChI is InChI=1S/C26H31N3O2/c1-18(2)20-11-8-12-23(15-20)29-14-13-19(3)24(26(29)31)25(30)27-16-21-9-6-7-10-22(21)17-28(4)5/h6-15,18H,16-17H2,1-5H3,(H,27,30). The Kier molecular flexibility index (Phi) is 7.08. The monoisotopic (exact) mass is 417 g/mol. The van der Waals surface area contributed by atoms with Crippen LogP contribution in [0.15, 0.2) is 65.6 Å². The Balaban J connectivity index is 1.88. The van der Waals surface area contributed by atoms with Gasteiger partial charge in [-0.05, 0) is 67.4 Å². The van der Waals surface area contributed by atoms with Crippen LogP contribution in [-0.4, -0.2) is 29.5 Å². The van der Waals surface area contributed by atoms with E-state index >= 15 is 0 Å². The Bertz CT molecular complexity index is 1130. The quantitative estimate of drug-likeness (QED) is 0.625. The van der Waals surface area contributed by atoms with Crippen molar-refractivity contribution in [1.29, 1.82) is 0 Å². The lowest BCUT2D eigenvalue weighted by molar-refractivity contribution is 0.0948. The van der Waals surface area contributed by atoms with E-state index in [1.54, 1.807) is 17.7 Å². The first-order valence-corrected chi connectivity index (χ1v) is 10.6. The molecule has 2 aromatic carbocycles. The van der Waals surface area contributed by atoms with Gasteiger partial charge in [0.15, 0.2) is 0 Å². The number of aromatic nitrogens is 1. The van der Waals surface area contributed by atoms with Crippen LogP contribution < -0.4 is 10.9 Å². The van der Waals surface area contributed by atoms with E-state index in [0.29, 0.717) is 18.0 Å². The maximum atomic E-state index is 13.2. The zero-order valence-electron chi connectivity index (χ0n) is 19.0. The highest BCUT2D eigenvalue weighted by atomic mass is 16.2. The number of hydrogen-bond donors (Lipinski definition) is 1. The molecule has 162 valence electrons. The van der Waals surface area contributed by atoms with Gasteiger partial charge in [0.05, 0.1) is 0 Å². The Morgan fingerprint density at radius 1 is 1.03 bits per heavy atom. The predicted octanol–water partition coefficient (Wildman–Crippen LogP) is 4.26. The lowest BCUT2D eigenvalue weighted by Gasteiger charge is -2.16. The number of nitrogens with one attached hydrogen (secondary N) is 1. The van der Waals surface area contributed by atoms with Gasteiger partial charge in [0.25, 0.3) is 11.5 Å². The predicted molar refractivity (Wildman–Crippen MR) is 126 cm³/mol. The normalized spacial score (nSPS) is 11.2. The van der Waals surface area contributed by atoms with Crippen molar-refractivity contribution in [3.63, 3.8) is 0 Å². The van der Waals surface area contributed by atoms with E-state index in [-0.39, 0.29) is 17.0 Å². The Morgan fingerprint density at radius 2 is 1.74 bits per heavy atom. The molecule has 0 spiro atoms. The van der Waals surface area contributed by atoms with Crippen molar-refractivity contribution in [1.82, 2.24) is 14.8 Å². The third-order valence-electron chi connectivity index (χ3n) is 5.39.